The third kappa shape index (κ3) is 11.3. The van der Waals surface area contributed by atoms with Crippen LogP contribution < -0.4 is 4.74 Å². The highest BCUT2D eigenvalue weighted by atomic mass is 16.5. The summed E-state index contributed by atoms with van der Waals surface area (Å²) in [6, 6.07) is 42.6. The van der Waals surface area contributed by atoms with E-state index >= 15 is 0 Å². The van der Waals surface area contributed by atoms with Crippen LogP contribution in [0, 0.1) is 6.92 Å². The zero-order valence-electron chi connectivity index (χ0n) is 28.5. The van der Waals surface area contributed by atoms with E-state index in [1.165, 1.54) is 71.0 Å². The van der Waals surface area contributed by atoms with E-state index in [2.05, 4.69) is 172 Å². The van der Waals surface area contributed by atoms with Gasteiger partial charge in [0.05, 0.1) is 6.61 Å². The maximum absolute atomic E-state index is 6.45. The van der Waals surface area contributed by atoms with Gasteiger partial charge in [-0.3, -0.25) is 0 Å². The highest BCUT2D eigenvalue weighted by Gasteiger charge is 2.07. The summed E-state index contributed by atoms with van der Waals surface area (Å²) in [4.78, 5) is 0. The third-order valence-corrected chi connectivity index (χ3v) is 8.47. The van der Waals surface area contributed by atoms with Crippen LogP contribution in [-0.2, 0) is 0 Å². The lowest BCUT2D eigenvalue weighted by Crippen LogP contribution is -2.00. The highest BCUT2D eigenvalue weighted by Crippen LogP contribution is 2.28. The van der Waals surface area contributed by atoms with Crippen molar-refractivity contribution in [2.24, 2.45) is 0 Å². The van der Waals surface area contributed by atoms with Gasteiger partial charge in [0.25, 0.3) is 0 Å². The van der Waals surface area contributed by atoms with Crippen LogP contribution in [0.1, 0.15) is 95.5 Å². The van der Waals surface area contributed by atoms with Gasteiger partial charge in [0.1, 0.15) is 5.75 Å². The van der Waals surface area contributed by atoms with E-state index in [4.69, 9.17) is 4.74 Å². The van der Waals surface area contributed by atoms with Gasteiger partial charge in [-0.25, -0.2) is 0 Å². The van der Waals surface area contributed by atoms with Gasteiger partial charge in [0.15, 0.2) is 0 Å². The fraction of sp³-hybridized carbons (Fsp3) is 0.191. The summed E-state index contributed by atoms with van der Waals surface area (Å²) in [5, 5.41) is 0. The van der Waals surface area contributed by atoms with Gasteiger partial charge in [-0.1, -0.05) is 197 Å². The van der Waals surface area contributed by atoms with Crippen molar-refractivity contribution in [3.05, 3.63) is 171 Å². The molecule has 0 saturated heterocycles. The molecule has 0 radical (unpaired) electrons. The molecule has 0 saturated carbocycles. The Kier molecular flexibility index (Phi) is 13.4. The lowest BCUT2D eigenvalue weighted by molar-refractivity contribution is 0.303. The molecule has 0 atom stereocenters. The molecule has 0 bridgehead atoms. The Morgan fingerprint density at radius 2 is 0.812 bits per heavy atom. The number of benzene rings is 5. The van der Waals surface area contributed by atoms with Crippen LogP contribution in [0.25, 0.3) is 48.6 Å². The molecule has 0 aliphatic carbocycles. The monoisotopic (exact) mass is 628 g/mol. The molecule has 0 spiro atoms. The number of hydrogen-bond donors (Lipinski definition) is 0. The predicted octanol–water partition coefficient (Wildman–Crippen LogP) is 13.4. The van der Waals surface area contributed by atoms with Gasteiger partial charge in [-0.2, -0.15) is 0 Å². The first-order valence-corrected chi connectivity index (χ1v) is 17.5. The Morgan fingerprint density at radius 3 is 1.29 bits per heavy atom. The quantitative estimate of drug-likeness (QED) is 0.0780. The number of rotatable bonds is 16. The van der Waals surface area contributed by atoms with Gasteiger partial charge in [0, 0.05) is 5.56 Å². The summed E-state index contributed by atoms with van der Waals surface area (Å²) in [6.07, 6.45) is 24.9. The van der Waals surface area contributed by atoms with Crippen LogP contribution in [0.2, 0.25) is 0 Å². The molecule has 0 aliphatic rings. The average molecular weight is 629 g/mol. The Labute approximate surface area is 288 Å². The van der Waals surface area contributed by atoms with E-state index < -0.39 is 0 Å². The molecule has 0 unspecified atom stereocenters. The van der Waals surface area contributed by atoms with Crippen LogP contribution >= 0.6 is 0 Å². The molecule has 1 heteroatoms. The molecular formula is C47H48O. The summed E-state index contributed by atoms with van der Waals surface area (Å²) in [7, 11) is 0. The lowest BCUT2D eigenvalue weighted by Gasteiger charge is -2.13. The topological polar surface area (TPSA) is 9.23 Å². The zero-order valence-corrected chi connectivity index (χ0v) is 28.5. The van der Waals surface area contributed by atoms with Crippen molar-refractivity contribution in [2.45, 2.75) is 52.4 Å². The molecule has 0 amide bonds. The predicted molar refractivity (Wildman–Crippen MR) is 212 cm³/mol. The van der Waals surface area contributed by atoms with Crippen LogP contribution in [0.4, 0.5) is 0 Å². The molecule has 0 aromatic heterocycles. The molecule has 5 aromatic carbocycles. The first-order chi connectivity index (χ1) is 23.7. The molecule has 0 fully saturated rings. The fourth-order valence-electron chi connectivity index (χ4n) is 5.55. The van der Waals surface area contributed by atoms with Crippen molar-refractivity contribution >= 4 is 48.6 Å². The summed E-state index contributed by atoms with van der Waals surface area (Å²) in [6.45, 7) is 5.18. The van der Waals surface area contributed by atoms with E-state index in [0.717, 1.165) is 29.9 Å². The molecule has 242 valence electrons. The van der Waals surface area contributed by atoms with E-state index in [1.807, 2.05) is 12.1 Å². The average Bonchev–Trinajstić information content (AvgIpc) is 3.13. The van der Waals surface area contributed by atoms with Gasteiger partial charge in [0.2, 0.25) is 0 Å². The summed E-state index contributed by atoms with van der Waals surface area (Å²) >= 11 is 0. The van der Waals surface area contributed by atoms with Crippen LogP contribution in [0.5, 0.6) is 5.75 Å². The SMILES string of the molecule is CCCCCCCCOc1cc(/C=C/c2ccc(/C=C/c3ccccc3)cc2)c(C)cc1/C=C/c1ccc(/C=C/c2ccccc2)cc1. The molecule has 5 aromatic rings. The van der Waals surface area contributed by atoms with Crippen molar-refractivity contribution in [1.29, 1.82) is 0 Å². The number of ether oxygens (including phenoxy) is 1. The number of aryl methyl sites for hydroxylation is 1. The highest BCUT2D eigenvalue weighted by molar-refractivity contribution is 5.78. The van der Waals surface area contributed by atoms with Crippen LogP contribution in [0.3, 0.4) is 0 Å². The standard InChI is InChI=1S/C47H48O/c1-3-4-5-6-7-14-35-48-47-37-45(33-31-43-27-23-41(24-28-43)21-19-39-15-10-8-11-16-39)38(2)36-46(47)34-32-44-29-25-42(26-30-44)22-20-40-17-12-9-13-18-40/h8-13,15-34,36-37H,3-7,14,35H2,1-2H3/b21-19+,22-20+,33-31+,34-32+. The molecule has 0 N–H and O–H groups in total. The minimum atomic E-state index is 0.736. The van der Waals surface area contributed by atoms with E-state index in [9.17, 15) is 0 Å². The van der Waals surface area contributed by atoms with Gasteiger partial charge < -0.3 is 4.74 Å². The summed E-state index contributed by atoms with van der Waals surface area (Å²) < 4.78 is 6.45. The van der Waals surface area contributed by atoms with Crippen molar-refractivity contribution < 1.29 is 4.74 Å². The van der Waals surface area contributed by atoms with E-state index in [0.29, 0.717) is 0 Å². The van der Waals surface area contributed by atoms with Gasteiger partial charge in [-0.05, 0) is 70.0 Å². The normalized spacial score (nSPS) is 11.8. The Hall–Kier alpha value is -5.14. The van der Waals surface area contributed by atoms with E-state index in [-0.39, 0.29) is 0 Å². The first-order valence-electron chi connectivity index (χ1n) is 17.5. The summed E-state index contributed by atoms with van der Waals surface area (Å²) in [5.41, 5.74) is 10.6. The zero-order chi connectivity index (χ0) is 33.2. The Morgan fingerprint density at radius 1 is 0.417 bits per heavy atom. The van der Waals surface area contributed by atoms with Crippen LogP contribution in [-0.4, -0.2) is 6.61 Å². The minimum absolute atomic E-state index is 0.736. The lowest BCUT2D eigenvalue weighted by atomic mass is 10.0. The smallest absolute Gasteiger partial charge is 0.127 e. The molecular weight excluding hydrogens is 581 g/mol. The second-order valence-electron chi connectivity index (χ2n) is 12.4. The molecule has 0 aliphatic heterocycles. The molecule has 48 heavy (non-hydrogen) atoms. The van der Waals surface area contributed by atoms with E-state index in [1.54, 1.807) is 0 Å². The number of unbranched alkanes of at least 4 members (excludes halogenated alkanes) is 5. The van der Waals surface area contributed by atoms with Crippen LogP contribution in [0.15, 0.2) is 121 Å². The van der Waals surface area contributed by atoms with Crippen molar-refractivity contribution in [2.75, 3.05) is 6.61 Å². The van der Waals surface area contributed by atoms with Crippen molar-refractivity contribution in [1.82, 2.24) is 0 Å². The number of hydrogen-bond acceptors (Lipinski definition) is 1. The van der Waals surface area contributed by atoms with Gasteiger partial charge >= 0.3 is 0 Å². The van der Waals surface area contributed by atoms with Crippen molar-refractivity contribution in [3.8, 4) is 5.75 Å². The molecule has 1 nitrogen and oxygen atoms in total. The second kappa shape index (κ2) is 18.9. The third-order valence-electron chi connectivity index (χ3n) is 8.47. The molecule has 0 heterocycles. The minimum Gasteiger partial charge on any atom is -0.493 e. The van der Waals surface area contributed by atoms with Crippen molar-refractivity contribution in [3.63, 3.8) is 0 Å². The Bertz CT molecular complexity index is 1790. The first kappa shape index (κ1) is 34.2. The van der Waals surface area contributed by atoms with Gasteiger partial charge in [-0.15, -0.1) is 0 Å². The Balaban J connectivity index is 1.28. The fourth-order valence-corrected chi connectivity index (χ4v) is 5.55. The maximum Gasteiger partial charge on any atom is 0.127 e. The maximum atomic E-state index is 6.45. The molecule has 5 rings (SSSR count). The second-order valence-corrected chi connectivity index (χ2v) is 12.4. The summed E-state index contributed by atoms with van der Waals surface area (Å²) in [5.74, 6) is 0.939. The largest absolute Gasteiger partial charge is 0.493 e.